The molecule has 1 atom stereocenters. The predicted octanol–water partition coefficient (Wildman–Crippen LogP) is 2.56. The Kier molecular flexibility index (Phi) is 2.76. The van der Waals surface area contributed by atoms with Crippen molar-refractivity contribution in [2.75, 3.05) is 20.8 Å². The van der Waals surface area contributed by atoms with Crippen molar-refractivity contribution in [3.05, 3.63) is 48.1 Å². The Bertz CT molecular complexity index is 487. The lowest BCUT2D eigenvalue weighted by molar-refractivity contribution is -0.118. The van der Waals surface area contributed by atoms with Crippen LogP contribution in [0.5, 0.6) is 0 Å². The predicted molar refractivity (Wildman–Crippen MR) is 66.7 cm³/mol. The van der Waals surface area contributed by atoms with Gasteiger partial charge >= 0.3 is 0 Å². The Morgan fingerprint density at radius 1 is 1.28 bits per heavy atom. The van der Waals surface area contributed by atoms with Crippen LogP contribution in [0.1, 0.15) is 24.2 Å². The molecule has 0 amide bonds. The first-order valence-corrected chi connectivity index (χ1v) is 6.07. The highest BCUT2D eigenvalue weighted by Gasteiger charge is 2.42. The summed E-state index contributed by atoms with van der Waals surface area (Å²) in [5.74, 6) is 1.66. The molecule has 2 aliphatic rings. The van der Waals surface area contributed by atoms with Gasteiger partial charge in [0.05, 0.1) is 0 Å². The van der Waals surface area contributed by atoms with Gasteiger partial charge in [-0.05, 0) is 30.8 Å². The minimum atomic E-state index is -0.438. The molecule has 1 aromatic rings. The van der Waals surface area contributed by atoms with Crippen LogP contribution in [0.2, 0.25) is 0 Å². The quantitative estimate of drug-likeness (QED) is 0.591. The van der Waals surface area contributed by atoms with Gasteiger partial charge in [0, 0.05) is 20.8 Å². The van der Waals surface area contributed by atoms with Gasteiger partial charge in [-0.1, -0.05) is 12.2 Å². The van der Waals surface area contributed by atoms with Crippen LogP contribution in [0.3, 0.4) is 0 Å². The molecule has 3 rings (SSSR count). The van der Waals surface area contributed by atoms with E-state index in [9.17, 15) is 0 Å². The van der Waals surface area contributed by atoms with E-state index in [0.29, 0.717) is 5.76 Å². The molecule has 0 fully saturated rings. The summed E-state index contributed by atoms with van der Waals surface area (Å²) in [6.07, 6.45) is 9.15. The first-order valence-electron chi connectivity index (χ1n) is 6.07. The van der Waals surface area contributed by atoms with Gasteiger partial charge in [-0.2, -0.15) is 0 Å². The summed E-state index contributed by atoms with van der Waals surface area (Å²) in [7, 11) is 3.21. The van der Waals surface area contributed by atoms with Crippen molar-refractivity contribution >= 4 is 0 Å². The lowest BCUT2D eigenvalue weighted by Crippen LogP contribution is -2.47. The SMILES string of the molecule is COC(OC)c1ccc(C2(N3C=CC3)C=CC2)o1. The minimum Gasteiger partial charge on any atom is -0.458 e. The number of ether oxygens (including phenoxy) is 2. The average molecular weight is 247 g/mol. The molecule has 0 saturated heterocycles. The summed E-state index contributed by atoms with van der Waals surface area (Å²) in [4.78, 5) is 2.28. The highest BCUT2D eigenvalue weighted by molar-refractivity contribution is 5.34. The summed E-state index contributed by atoms with van der Waals surface area (Å²) in [6.45, 7) is 0.971. The molecule has 1 aliphatic carbocycles. The maximum atomic E-state index is 5.91. The Morgan fingerprint density at radius 2 is 2.00 bits per heavy atom. The summed E-state index contributed by atoms with van der Waals surface area (Å²) in [6, 6.07) is 3.93. The van der Waals surface area contributed by atoms with Crippen LogP contribution in [-0.4, -0.2) is 25.7 Å². The van der Waals surface area contributed by atoms with Crippen LogP contribution in [0.15, 0.2) is 41.0 Å². The highest BCUT2D eigenvalue weighted by Crippen LogP contribution is 2.43. The fourth-order valence-corrected chi connectivity index (χ4v) is 2.43. The highest BCUT2D eigenvalue weighted by atomic mass is 16.7. The third kappa shape index (κ3) is 1.53. The smallest absolute Gasteiger partial charge is 0.216 e. The zero-order chi connectivity index (χ0) is 12.6. The number of rotatable bonds is 5. The topological polar surface area (TPSA) is 34.8 Å². The third-order valence-electron chi connectivity index (χ3n) is 3.64. The van der Waals surface area contributed by atoms with E-state index < -0.39 is 6.29 Å². The molecule has 0 spiro atoms. The number of methoxy groups -OCH3 is 2. The van der Waals surface area contributed by atoms with Crippen molar-refractivity contribution in [3.63, 3.8) is 0 Å². The third-order valence-corrected chi connectivity index (χ3v) is 3.64. The van der Waals surface area contributed by atoms with Crippen molar-refractivity contribution in [3.8, 4) is 0 Å². The molecule has 0 saturated carbocycles. The Morgan fingerprint density at radius 3 is 2.44 bits per heavy atom. The second-order valence-corrected chi connectivity index (χ2v) is 4.57. The van der Waals surface area contributed by atoms with Crippen LogP contribution in [0, 0.1) is 0 Å². The molecule has 0 radical (unpaired) electrons. The minimum absolute atomic E-state index is 0.0982. The molecule has 4 heteroatoms. The molecular weight excluding hydrogens is 230 g/mol. The van der Waals surface area contributed by atoms with Gasteiger partial charge < -0.3 is 18.8 Å². The van der Waals surface area contributed by atoms with Crippen LogP contribution in [-0.2, 0) is 15.0 Å². The zero-order valence-corrected chi connectivity index (χ0v) is 10.6. The summed E-state index contributed by atoms with van der Waals surface area (Å²) in [5, 5.41) is 0. The zero-order valence-electron chi connectivity index (χ0n) is 10.6. The first-order chi connectivity index (χ1) is 8.80. The van der Waals surface area contributed by atoms with Crippen molar-refractivity contribution in [2.45, 2.75) is 18.2 Å². The van der Waals surface area contributed by atoms with Crippen LogP contribution < -0.4 is 0 Å². The maximum absolute atomic E-state index is 5.91. The molecule has 18 heavy (non-hydrogen) atoms. The number of hydrogen-bond donors (Lipinski definition) is 0. The van der Waals surface area contributed by atoms with Gasteiger partial charge in [0.2, 0.25) is 6.29 Å². The van der Waals surface area contributed by atoms with E-state index in [0.717, 1.165) is 18.7 Å². The van der Waals surface area contributed by atoms with E-state index in [1.807, 2.05) is 12.1 Å². The Labute approximate surface area is 106 Å². The molecule has 1 aromatic heterocycles. The molecule has 96 valence electrons. The second-order valence-electron chi connectivity index (χ2n) is 4.57. The number of hydrogen-bond acceptors (Lipinski definition) is 4. The van der Waals surface area contributed by atoms with Gasteiger partial charge in [0.1, 0.15) is 11.3 Å². The van der Waals surface area contributed by atoms with Gasteiger partial charge in [-0.15, -0.1) is 0 Å². The lowest BCUT2D eigenvalue weighted by Gasteiger charge is -2.46. The van der Waals surface area contributed by atoms with E-state index in [4.69, 9.17) is 13.9 Å². The summed E-state index contributed by atoms with van der Waals surface area (Å²) >= 11 is 0. The maximum Gasteiger partial charge on any atom is 0.216 e. The molecule has 2 heterocycles. The Balaban J connectivity index is 1.88. The van der Waals surface area contributed by atoms with Gasteiger partial charge in [-0.3, -0.25) is 0 Å². The van der Waals surface area contributed by atoms with Crippen LogP contribution in [0.4, 0.5) is 0 Å². The largest absolute Gasteiger partial charge is 0.458 e. The number of nitrogens with zero attached hydrogens (tertiary/aromatic N) is 1. The molecule has 0 bridgehead atoms. The number of furan rings is 1. The standard InChI is InChI=1S/C14H17NO3/c1-16-13(17-2)11-5-6-12(18-11)14(7-3-8-14)15-9-4-10-15/h3-7,9,13H,8,10H2,1-2H3. The van der Waals surface area contributed by atoms with Crippen molar-refractivity contribution < 1.29 is 13.9 Å². The first kappa shape index (κ1) is 11.6. The molecular formula is C14H17NO3. The average Bonchev–Trinajstić information content (AvgIpc) is 2.72. The van der Waals surface area contributed by atoms with E-state index in [1.54, 1.807) is 14.2 Å². The lowest BCUT2D eigenvalue weighted by atomic mass is 9.80. The van der Waals surface area contributed by atoms with E-state index in [1.165, 1.54) is 0 Å². The second kappa shape index (κ2) is 4.30. The molecule has 0 aromatic carbocycles. The molecule has 1 aliphatic heterocycles. The fraction of sp³-hybridized carbons (Fsp3) is 0.429. The van der Waals surface area contributed by atoms with E-state index in [-0.39, 0.29) is 5.54 Å². The summed E-state index contributed by atoms with van der Waals surface area (Å²) < 4.78 is 16.3. The molecule has 1 unspecified atom stereocenters. The van der Waals surface area contributed by atoms with Gasteiger partial charge in [-0.25, -0.2) is 0 Å². The van der Waals surface area contributed by atoms with Crippen molar-refractivity contribution in [1.82, 2.24) is 4.90 Å². The molecule has 0 N–H and O–H groups in total. The summed E-state index contributed by atoms with van der Waals surface area (Å²) in [5.41, 5.74) is -0.0982. The van der Waals surface area contributed by atoms with Crippen LogP contribution in [0.25, 0.3) is 0 Å². The van der Waals surface area contributed by atoms with Gasteiger partial charge in [0.15, 0.2) is 5.76 Å². The normalized spacial score (nSPS) is 25.4. The van der Waals surface area contributed by atoms with Crippen LogP contribution >= 0.6 is 0 Å². The van der Waals surface area contributed by atoms with Crippen molar-refractivity contribution in [2.24, 2.45) is 0 Å². The molecule has 4 nitrogen and oxygen atoms in total. The van der Waals surface area contributed by atoms with Crippen molar-refractivity contribution in [1.29, 1.82) is 0 Å². The van der Waals surface area contributed by atoms with Gasteiger partial charge in [0.25, 0.3) is 0 Å². The van der Waals surface area contributed by atoms with E-state index >= 15 is 0 Å². The Hall–Kier alpha value is -1.52. The fourth-order valence-electron chi connectivity index (χ4n) is 2.43. The van der Waals surface area contributed by atoms with E-state index in [2.05, 4.69) is 29.3 Å². The monoisotopic (exact) mass is 247 g/mol.